The van der Waals surface area contributed by atoms with Crippen molar-refractivity contribution in [3.05, 3.63) is 352 Å². The summed E-state index contributed by atoms with van der Waals surface area (Å²) in [5, 5.41) is 0. The summed E-state index contributed by atoms with van der Waals surface area (Å²) in [6.45, 7) is 0. The monoisotopic (exact) mass is 1050 g/mol. The van der Waals surface area contributed by atoms with Crippen molar-refractivity contribution in [1.29, 1.82) is 0 Å². The Balaban J connectivity index is 0.779. The topological polar surface area (TPSA) is 13.0 Å². The summed E-state index contributed by atoms with van der Waals surface area (Å²) in [6, 6.07) is 126. The zero-order valence-electron chi connectivity index (χ0n) is 45.3. The molecular formula is C78H58N4. The molecule has 0 bridgehead atoms. The molecule has 0 aliphatic heterocycles. The number of benzene rings is 13. The number of nitrogens with zero attached hydrogens (tertiary/aromatic N) is 4. The van der Waals surface area contributed by atoms with E-state index >= 15 is 0 Å². The molecule has 0 spiro atoms. The molecule has 0 heterocycles. The Morgan fingerprint density at radius 1 is 0.0976 bits per heavy atom. The van der Waals surface area contributed by atoms with Crippen molar-refractivity contribution in [2.75, 3.05) is 19.6 Å². The first kappa shape index (κ1) is 50.6. The molecule has 0 saturated heterocycles. The molecule has 0 fully saturated rings. The van der Waals surface area contributed by atoms with Crippen LogP contribution in [0.2, 0.25) is 0 Å². The molecular weight excluding hydrogens is 993 g/mol. The number of hydrogen-bond acceptors (Lipinski definition) is 4. The van der Waals surface area contributed by atoms with Gasteiger partial charge >= 0.3 is 0 Å². The van der Waals surface area contributed by atoms with Gasteiger partial charge < -0.3 is 19.6 Å². The van der Waals surface area contributed by atoms with E-state index in [-0.39, 0.29) is 0 Å². The van der Waals surface area contributed by atoms with E-state index in [0.29, 0.717) is 0 Å². The van der Waals surface area contributed by atoms with Crippen LogP contribution in [0.3, 0.4) is 0 Å². The standard InChI is InChI=1S/C78H58N4/c1-7-19-59(20-8-1)63-35-43-71(44-36-63)81(77-55-51-75(52-56-77)79(67-23-11-3-12-24-67)68-25-13-4-14-26-68)73-47-39-65(40-48-73)61-31-33-62(34-32-61)66-41-49-74(50-42-66)82(72-45-37-64(38-46-72)60-21-9-2-10-22-60)78-57-53-76(54-58-78)80(69-27-15-5-16-28-69)70-29-17-6-18-30-70/h1-58H. The second-order valence-corrected chi connectivity index (χ2v) is 20.2. The van der Waals surface area contributed by atoms with Crippen LogP contribution in [-0.4, -0.2) is 0 Å². The van der Waals surface area contributed by atoms with Gasteiger partial charge in [-0.05, 0) is 190 Å². The molecule has 4 nitrogen and oxygen atoms in total. The molecule has 390 valence electrons. The van der Waals surface area contributed by atoms with Crippen LogP contribution in [-0.2, 0) is 0 Å². The maximum atomic E-state index is 2.34. The van der Waals surface area contributed by atoms with Crippen molar-refractivity contribution in [2.24, 2.45) is 0 Å². The maximum absolute atomic E-state index is 2.34. The van der Waals surface area contributed by atoms with Crippen LogP contribution in [0.4, 0.5) is 68.2 Å². The second-order valence-electron chi connectivity index (χ2n) is 20.2. The fraction of sp³-hybridized carbons (Fsp3) is 0. The fourth-order valence-corrected chi connectivity index (χ4v) is 10.9. The number of anilines is 12. The normalized spacial score (nSPS) is 10.9. The van der Waals surface area contributed by atoms with Gasteiger partial charge in [-0.15, -0.1) is 0 Å². The van der Waals surface area contributed by atoms with Gasteiger partial charge in [0, 0.05) is 68.2 Å². The minimum absolute atomic E-state index is 1.07. The van der Waals surface area contributed by atoms with Gasteiger partial charge in [0.2, 0.25) is 0 Å². The largest absolute Gasteiger partial charge is 0.311 e. The minimum atomic E-state index is 1.07. The van der Waals surface area contributed by atoms with Crippen LogP contribution < -0.4 is 19.6 Å². The average molecular weight is 1050 g/mol. The number of para-hydroxylation sites is 4. The van der Waals surface area contributed by atoms with E-state index < -0.39 is 0 Å². The van der Waals surface area contributed by atoms with Gasteiger partial charge in [-0.25, -0.2) is 0 Å². The molecule has 13 aromatic rings. The molecule has 13 aromatic carbocycles. The van der Waals surface area contributed by atoms with Gasteiger partial charge in [0.25, 0.3) is 0 Å². The second kappa shape index (κ2) is 23.6. The highest BCUT2D eigenvalue weighted by Crippen LogP contribution is 2.43. The lowest BCUT2D eigenvalue weighted by Crippen LogP contribution is -2.12. The highest BCUT2D eigenvalue weighted by molar-refractivity contribution is 5.86. The van der Waals surface area contributed by atoms with Crippen molar-refractivity contribution < 1.29 is 0 Å². The first-order valence-corrected chi connectivity index (χ1v) is 27.9. The highest BCUT2D eigenvalue weighted by Gasteiger charge is 2.19. The quantitative estimate of drug-likeness (QED) is 0.0956. The Morgan fingerprint density at radius 2 is 0.207 bits per heavy atom. The predicted molar refractivity (Wildman–Crippen MR) is 347 cm³/mol. The smallest absolute Gasteiger partial charge is 0.0463 e. The summed E-state index contributed by atoms with van der Waals surface area (Å²) in [5.41, 5.74) is 22.4. The van der Waals surface area contributed by atoms with Crippen LogP contribution in [0, 0.1) is 0 Å². The SMILES string of the molecule is c1ccc(-c2ccc(N(c3ccc(-c4ccc(-c5ccc(N(c6ccc(-c7ccccc7)cc6)c6ccc(N(c7ccccc7)c7ccccc7)cc6)cc5)cc4)cc3)c3ccc(N(c4ccccc4)c4ccccc4)cc3)cc2)cc1. The molecule has 0 unspecified atom stereocenters. The van der Waals surface area contributed by atoms with Crippen LogP contribution in [0.5, 0.6) is 0 Å². The van der Waals surface area contributed by atoms with E-state index in [4.69, 9.17) is 0 Å². The predicted octanol–water partition coefficient (Wildman–Crippen LogP) is 22.2. The van der Waals surface area contributed by atoms with Crippen molar-refractivity contribution in [3.63, 3.8) is 0 Å². The average Bonchev–Trinajstić information content (AvgIpc) is 3.58. The number of hydrogen-bond donors (Lipinski definition) is 0. The van der Waals surface area contributed by atoms with E-state index in [9.17, 15) is 0 Å². The van der Waals surface area contributed by atoms with E-state index in [2.05, 4.69) is 371 Å². The van der Waals surface area contributed by atoms with Crippen LogP contribution in [0.1, 0.15) is 0 Å². The molecule has 0 aliphatic rings. The van der Waals surface area contributed by atoms with Crippen molar-refractivity contribution in [3.8, 4) is 44.5 Å². The molecule has 82 heavy (non-hydrogen) atoms. The van der Waals surface area contributed by atoms with Crippen molar-refractivity contribution in [1.82, 2.24) is 0 Å². The summed E-state index contributed by atoms with van der Waals surface area (Å²) >= 11 is 0. The first-order valence-electron chi connectivity index (χ1n) is 27.9. The lowest BCUT2D eigenvalue weighted by Gasteiger charge is -2.28. The lowest BCUT2D eigenvalue weighted by molar-refractivity contribution is 1.26. The lowest BCUT2D eigenvalue weighted by atomic mass is 9.99. The molecule has 0 N–H and O–H groups in total. The Labute approximate surface area is 481 Å². The molecule has 0 atom stereocenters. The Kier molecular flexibility index (Phi) is 14.5. The van der Waals surface area contributed by atoms with Gasteiger partial charge in [-0.3, -0.25) is 0 Å². The Morgan fingerprint density at radius 3 is 0.378 bits per heavy atom. The van der Waals surface area contributed by atoms with E-state index in [1.54, 1.807) is 0 Å². The Hall–Kier alpha value is -10.9. The molecule has 0 aliphatic carbocycles. The molecule has 4 heteroatoms. The molecule has 0 saturated carbocycles. The Bertz CT molecular complexity index is 3750. The van der Waals surface area contributed by atoms with Crippen LogP contribution in [0.25, 0.3) is 44.5 Å². The molecule has 13 rings (SSSR count). The van der Waals surface area contributed by atoms with Gasteiger partial charge in [0.1, 0.15) is 0 Å². The summed E-state index contributed by atoms with van der Waals surface area (Å²) in [5.74, 6) is 0. The van der Waals surface area contributed by atoms with Crippen LogP contribution in [0.15, 0.2) is 352 Å². The summed E-state index contributed by atoms with van der Waals surface area (Å²) in [7, 11) is 0. The number of rotatable bonds is 16. The summed E-state index contributed by atoms with van der Waals surface area (Å²) in [4.78, 5) is 9.27. The van der Waals surface area contributed by atoms with Gasteiger partial charge in [-0.2, -0.15) is 0 Å². The molecule has 0 amide bonds. The van der Waals surface area contributed by atoms with Gasteiger partial charge in [0.15, 0.2) is 0 Å². The van der Waals surface area contributed by atoms with Gasteiger partial charge in [-0.1, -0.05) is 206 Å². The fourth-order valence-electron chi connectivity index (χ4n) is 10.9. The van der Waals surface area contributed by atoms with E-state index in [1.165, 1.54) is 22.3 Å². The summed E-state index contributed by atoms with van der Waals surface area (Å²) < 4.78 is 0. The zero-order valence-corrected chi connectivity index (χ0v) is 45.3. The van der Waals surface area contributed by atoms with E-state index in [1.807, 2.05) is 0 Å². The third-order valence-electron chi connectivity index (χ3n) is 15.1. The first-order chi connectivity index (χ1) is 40.7. The van der Waals surface area contributed by atoms with Crippen LogP contribution >= 0.6 is 0 Å². The minimum Gasteiger partial charge on any atom is -0.311 e. The maximum Gasteiger partial charge on any atom is 0.0463 e. The summed E-state index contributed by atoms with van der Waals surface area (Å²) in [6.07, 6.45) is 0. The van der Waals surface area contributed by atoms with Crippen molar-refractivity contribution in [2.45, 2.75) is 0 Å². The van der Waals surface area contributed by atoms with Crippen molar-refractivity contribution >= 4 is 68.2 Å². The molecule has 0 aromatic heterocycles. The van der Waals surface area contributed by atoms with Gasteiger partial charge in [0.05, 0.1) is 0 Å². The highest BCUT2D eigenvalue weighted by atomic mass is 15.2. The third-order valence-corrected chi connectivity index (χ3v) is 15.1. The molecule has 0 radical (unpaired) electrons. The third kappa shape index (κ3) is 10.9. The zero-order chi connectivity index (χ0) is 54.9. The van der Waals surface area contributed by atoms with E-state index in [0.717, 1.165) is 90.5 Å².